The molecule has 0 saturated carbocycles. The number of ether oxygens (including phenoxy) is 1. The van der Waals surface area contributed by atoms with Gasteiger partial charge in [0.2, 0.25) is 0 Å². The van der Waals surface area contributed by atoms with Crippen molar-refractivity contribution in [1.82, 2.24) is 5.32 Å². The second-order valence-electron chi connectivity index (χ2n) is 6.41. The van der Waals surface area contributed by atoms with Crippen LogP contribution in [0.5, 0.6) is 0 Å². The van der Waals surface area contributed by atoms with E-state index in [1.54, 1.807) is 0 Å². The van der Waals surface area contributed by atoms with Crippen molar-refractivity contribution in [3.05, 3.63) is 35.4 Å². The van der Waals surface area contributed by atoms with Crippen molar-refractivity contribution in [1.29, 1.82) is 0 Å². The van der Waals surface area contributed by atoms with Gasteiger partial charge < -0.3 is 15.2 Å². The molecule has 0 bridgehead atoms. The van der Waals surface area contributed by atoms with E-state index in [9.17, 15) is 5.11 Å². The van der Waals surface area contributed by atoms with Crippen molar-refractivity contribution in [3.8, 4) is 0 Å². The third kappa shape index (κ3) is 3.81. The maximum atomic E-state index is 9.62. The van der Waals surface area contributed by atoms with Gasteiger partial charge in [-0.25, -0.2) is 0 Å². The third-order valence-electron chi connectivity index (χ3n) is 3.90. The molecule has 3 nitrogen and oxygen atoms in total. The van der Waals surface area contributed by atoms with E-state index in [-0.39, 0.29) is 18.2 Å². The highest BCUT2D eigenvalue weighted by atomic mass is 16.5. The minimum Gasteiger partial charge on any atom is -0.394 e. The topological polar surface area (TPSA) is 41.5 Å². The van der Waals surface area contributed by atoms with Crippen molar-refractivity contribution in [3.63, 3.8) is 0 Å². The molecule has 0 spiro atoms. The van der Waals surface area contributed by atoms with E-state index in [0.717, 1.165) is 12.8 Å². The van der Waals surface area contributed by atoms with Gasteiger partial charge in [0.15, 0.2) is 0 Å². The number of benzene rings is 1. The second-order valence-corrected chi connectivity index (χ2v) is 6.41. The van der Waals surface area contributed by atoms with Crippen LogP contribution in [0, 0.1) is 0 Å². The Kier molecular flexibility index (Phi) is 5.19. The van der Waals surface area contributed by atoms with Crippen LogP contribution >= 0.6 is 0 Å². The Morgan fingerprint density at radius 2 is 2.15 bits per heavy atom. The fourth-order valence-corrected chi connectivity index (χ4v) is 3.00. The Morgan fingerprint density at radius 1 is 1.40 bits per heavy atom. The van der Waals surface area contributed by atoms with Crippen LogP contribution in [-0.4, -0.2) is 29.9 Å². The van der Waals surface area contributed by atoms with Crippen molar-refractivity contribution in [2.75, 3.05) is 13.2 Å². The van der Waals surface area contributed by atoms with E-state index in [1.807, 2.05) is 6.92 Å². The number of hydrogen-bond acceptors (Lipinski definition) is 3. The van der Waals surface area contributed by atoms with Gasteiger partial charge in [-0.2, -0.15) is 0 Å². The second kappa shape index (κ2) is 6.70. The first-order valence-electron chi connectivity index (χ1n) is 7.62. The van der Waals surface area contributed by atoms with E-state index in [2.05, 4.69) is 43.4 Å². The minimum absolute atomic E-state index is 0.0829. The number of aryl methyl sites for hydroxylation is 1. The summed E-state index contributed by atoms with van der Waals surface area (Å²) >= 11 is 0. The maximum Gasteiger partial charge on any atom is 0.0828 e. The summed E-state index contributed by atoms with van der Waals surface area (Å²) in [6.07, 6.45) is 3.56. The van der Waals surface area contributed by atoms with Crippen LogP contribution in [0.2, 0.25) is 0 Å². The largest absolute Gasteiger partial charge is 0.394 e. The molecule has 2 unspecified atom stereocenters. The van der Waals surface area contributed by atoms with Gasteiger partial charge in [-0.3, -0.25) is 0 Å². The van der Waals surface area contributed by atoms with Crippen LogP contribution < -0.4 is 5.32 Å². The van der Waals surface area contributed by atoms with Gasteiger partial charge in [-0.05, 0) is 37.3 Å². The zero-order valence-electron chi connectivity index (χ0n) is 12.9. The molecule has 0 radical (unpaired) electrons. The van der Waals surface area contributed by atoms with Crippen molar-refractivity contribution >= 4 is 0 Å². The van der Waals surface area contributed by atoms with Crippen LogP contribution in [0.3, 0.4) is 0 Å². The lowest BCUT2D eigenvalue weighted by atomic mass is 9.89. The molecule has 1 aliphatic carbocycles. The van der Waals surface area contributed by atoms with E-state index < -0.39 is 0 Å². The fraction of sp³-hybridized carbons (Fsp3) is 0.647. The van der Waals surface area contributed by atoms with Crippen LogP contribution in [0.25, 0.3) is 0 Å². The summed E-state index contributed by atoms with van der Waals surface area (Å²) < 4.78 is 6.14. The molecule has 0 fully saturated rings. The first-order valence-corrected chi connectivity index (χ1v) is 7.62. The van der Waals surface area contributed by atoms with Gasteiger partial charge in [0.25, 0.3) is 0 Å². The number of hydrogen-bond donors (Lipinski definition) is 2. The Morgan fingerprint density at radius 3 is 2.85 bits per heavy atom. The highest BCUT2D eigenvalue weighted by molar-refractivity contribution is 5.31. The first kappa shape index (κ1) is 15.5. The van der Waals surface area contributed by atoms with Crippen LogP contribution in [-0.2, 0) is 11.2 Å². The summed E-state index contributed by atoms with van der Waals surface area (Å²) in [5.41, 5.74) is 2.36. The number of aliphatic hydroxyl groups is 1. The molecule has 3 heteroatoms. The Bertz CT molecular complexity index is 433. The third-order valence-corrected chi connectivity index (χ3v) is 3.90. The smallest absolute Gasteiger partial charge is 0.0828 e. The normalized spacial score (nSPS) is 21.6. The monoisotopic (exact) mass is 277 g/mol. The molecule has 0 heterocycles. The molecular weight excluding hydrogens is 250 g/mol. The molecular formula is C17H27NO2. The van der Waals surface area contributed by atoms with Gasteiger partial charge in [0.1, 0.15) is 0 Å². The molecule has 0 aliphatic heterocycles. The lowest BCUT2D eigenvalue weighted by Gasteiger charge is -2.34. The van der Waals surface area contributed by atoms with Crippen LogP contribution in [0.15, 0.2) is 24.3 Å². The highest BCUT2D eigenvalue weighted by Crippen LogP contribution is 2.32. The Hall–Kier alpha value is -0.900. The van der Waals surface area contributed by atoms with Crippen molar-refractivity contribution in [2.45, 2.75) is 57.7 Å². The summed E-state index contributed by atoms with van der Waals surface area (Å²) in [4.78, 5) is 0. The average Bonchev–Trinajstić information content (AvgIpc) is 2.44. The van der Waals surface area contributed by atoms with Gasteiger partial charge in [-0.1, -0.05) is 38.1 Å². The van der Waals surface area contributed by atoms with E-state index in [0.29, 0.717) is 12.6 Å². The fourth-order valence-electron chi connectivity index (χ4n) is 3.00. The predicted molar refractivity (Wildman–Crippen MR) is 81.8 cm³/mol. The summed E-state index contributed by atoms with van der Waals surface area (Å²) in [5, 5.41) is 13.0. The number of fused-ring (bicyclic) bond motifs is 1. The zero-order valence-corrected chi connectivity index (χ0v) is 12.9. The summed E-state index contributed by atoms with van der Waals surface area (Å²) in [6, 6.07) is 8.88. The lowest BCUT2D eigenvalue weighted by molar-refractivity contribution is -0.0146. The number of aliphatic hydroxyl groups excluding tert-OH is 1. The molecule has 2 rings (SSSR count). The molecule has 1 aliphatic rings. The standard InChI is InChI=1S/C17H27NO2/c1-13(2)18-17(3,11-19)12-20-16-10-6-8-14-7-4-5-9-15(14)16/h4-5,7,9,13,16,18-19H,6,8,10-12H2,1-3H3. The molecule has 2 N–H and O–H groups in total. The quantitative estimate of drug-likeness (QED) is 0.840. The molecule has 112 valence electrons. The molecule has 0 aromatic heterocycles. The SMILES string of the molecule is CC(C)NC(C)(CO)COC1CCCc2ccccc21. The van der Waals surface area contributed by atoms with E-state index >= 15 is 0 Å². The van der Waals surface area contributed by atoms with Crippen molar-refractivity contribution in [2.24, 2.45) is 0 Å². The summed E-state index contributed by atoms with van der Waals surface area (Å²) in [6.45, 7) is 6.80. The first-order chi connectivity index (χ1) is 9.54. The molecule has 20 heavy (non-hydrogen) atoms. The highest BCUT2D eigenvalue weighted by Gasteiger charge is 2.28. The minimum atomic E-state index is -0.374. The number of nitrogens with one attached hydrogen (secondary N) is 1. The Labute approximate surface area is 122 Å². The van der Waals surface area contributed by atoms with E-state index in [1.165, 1.54) is 17.5 Å². The summed E-state index contributed by atoms with van der Waals surface area (Å²) in [7, 11) is 0. The van der Waals surface area contributed by atoms with Crippen LogP contribution in [0.1, 0.15) is 50.8 Å². The predicted octanol–water partition coefficient (Wildman–Crippen LogP) is 2.83. The Balaban J connectivity index is 2.01. The van der Waals surface area contributed by atoms with Gasteiger partial charge in [-0.15, -0.1) is 0 Å². The van der Waals surface area contributed by atoms with Gasteiger partial charge in [0, 0.05) is 6.04 Å². The number of rotatable bonds is 6. The molecule has 0 saturated heterocycles. The lowest BCUT2D eigenvalue weighted by Crippen LogP contribution is -2.52. The van der Waals surface area contributed by atoms with Crippen LogP contribution in [0.4, 0.5) is 0 Å². The zero-order chi connectivity index (χ0) is 14.6. The summed E-state index contributed by atoms with van der Waals surface area (Å²) in [5.74, 6) is 0. The van der Waals surface area contributed by atoms with Gasteiger partial charge in [0.05, 0.1) is 24.9 Å². The average molecular weight is 277 g/mol. The maximum absolute atomic E-state index is 9.62. The van der Waals surface area contributed by atoms with Gasteiger partial charge >= 0.3 is 0 Å². The van der Waals surface area contributed by atoms with Crippen molar-refractivity contribution < 1.29 is 9.84 Å². The molecule has 1 aromatic carbocycles. The molecule has 2 atom stereocenters. The molecule has 1 aromatic rings. The molecule has 0 amide bonds. The van der Waals surface area contributed by atoms with E-state index in [4.69, 9.17) is 4.74 Å².